The number of nitrogens with zero attached hydrogens (tertiary/aromatic N) is 1. The average molecular weight is 1110 g/mol. The summed E-state index contributed by atoms with van der Waals surface area (Å²) in [6, 6.07) is -0.778. The van der Waals surface area contributed by atoms with Crippen LogP contribution in [-0.2, 0) is 18.4 Å². The van der Waals surface area contributed by atoms with E-state index in [9.17, 15) is 19.4 Å². The van der Waals surface area contributed by atoms with Crippen LogP contribution in [0.1, 0.15) is 258 Å². The van der Waals surface area contributed by atoms with Gasteiger partial charge in [-0.25, -0.2) is 4.57 Å². The predicted octanol–water partition coefficient (Wildman–Crippen LogP) is 20.1. The van der Waals surface area contributed by atoms with Gasteiger partial charge >= 0.3 is 7.82 Å². The fourth-order valence-corrected chi connectivity index (χ4v) is 9.52. The van der Waals surface area contributed by atoms with Crippen LogP contribution < -0.4 is 5.32 Å². The highest BCUT2D eigenvalue weighted by atomic mass is 31.2. The van der Waals surface area contributed by atoms with Crippen molar-refractivity contribution in [3.63, 3.8) is 0 Å². The number of allylic oxidation sites excluding steroid dienone is 20. The molecule has 0 rings (SSSR count). The zero-order valence-electron chi connectivity index (χ0n) is 51.1. The van der Waals surface area contributed by atoms with Gasteiger partial charge in [0.05, 0.1) is 39.9 Å². The van der Waals surface area contributed by atoms with Crippen LogP contribution in [0.3, 0.4) is 0 Å². The number of carbonyl (C=O) groups is 1. The molecule has 0 radical (unpaired) electrons. The first kappa shape index (κ1) is 74.9. The summed E-state index contributed by atoms with van der Waals surface area (Å²) >= 11 is 0. The van der Waals surface area contributed by atoms with Crippen molar-refractivity contribution in [2.45, 2.75) is 270 Å². The molecule has 0 aliphatic heterocycles. The smallest absolute Gasteiger partial charge is 0.391 e. The summed E-state index contributed by atoms with van der Waals surface area (Å²) in [6.45, 7) is 4.77. The highest BCUT2D eigenvalue weighted by molar-refractivity contribution is 7.47. The molecule has 3 unspecified atom stereocenters. The lowest BCUT2D eigenvalue weighted by Crippen LogP contribution is -2.46. The highest BCUT2D eigenvalue weighted by Crippen LogP contribution is 2.43. The molecule has 0 aromatic rings. The number of phosphoric acid groups is 1. The van der Waals surface area contributed by atoms with Crippen molar-refractivity contribution in [2.75, 3.05) is 40.9 Å². The van der Waals surface area contributed by atoms with Crippen LogP contribution in [0.25, 0.3) is 0 Å². The van der Waals surface area contributed by atoms with Gasteiger partial charge in [0.2, 0.25) is 5.91 Å². The maximum atomic E-state index is 13.0. The molecule has 0 aromatic heterocycles. The maximum Gasteiger partial charge on any atom is 0.472 e. The van der Waals surface area contributed by atoms with Gasteiger partial charge in [-0.15, -0.1) is 0 Å². The molecule has 3 N–H and O–H groups in total. The van der Waals surface area contributed by atoms with E-state index in [2.05, 4.69) is 141 Å². The number of amides is 1. The van der Waals surface area contributed by atoms with Gasteiger partial charge in [0.15, 0.2) is 0 Å². The summed E-state index contributed by atoms with van der Waals surface area (Å²) in [5.41, 5.74) is 0. The number of unbranched alkanes of at least 4 members (excludes halogenated alkanes) is 24. The fourth-order valence-electron chi connectivity index (χ4n) is 8.78. The molecule has 0 heterocycles. The van der Waals surface area contributed by atoms with Gasteiger partial charge in [-0.2, -0.15) is 0 Å². The highest BCUT2D eigenvalue weighted by Gasteiger charge is 2.28. The molecule has 0 aliphatic rings. The third-order valence-corrected chi connectivity index (χ3v) is 14.7. The number of hydrogen-bond acceptors (Lipinski definition) is 5. The lowest BCUT2D eigenvalue weighted by atomic mass is 10.0. The molecule has 0 saturated heterocycles. The zero-order chi connectivity index (χ0) is 57.0. The van der Waals surface area contributed by atoms with Crippen LogP contribution in [-0.4, -0.2) is 73.4 Å². The minimum absolute atomic E-state index is 0.0658. The second-order valence-electron chi connectivity index (χ2n) is 22.4. The third-order valence-electron chi connectivity index (χ3n) is 13.7. The van der Waals surface area contributed by atoms with Crippen LogP contribution in [0.15, 0.2) is 122 Å². The normalized spacial score (nSPS) is 14.6. The van der Waals surface area contributed by atoms with E-state index in [-0.39, 0.29) is 19.1 Å². The first-order chi connectivity index (χ1) is 38.0. The lowest BCUT2D eigenvalue weighted by Gasteiger charge is -2.26. The van der Waals surface area contributed by atoms with Gasteiger partial charge in [-0.3, -0.25) is 13.8 Å². The van der Waals surface area contributed by atoms with E-state index in [4.69, 9.17) is 9.05 Å². The summed E-state index contributed by atoms with van der Waals surface area (Å²) in [7, 11) is 1.59. The van der Waals surface area contributed by atoms with Crippen molar-refractivity contribution in [3.8, 4) is 0 Å². The van der Waals surface area contributed by atoms with Gasteiger partial charge in [-0.1, -0.05) is 283 Å². The Balaban J connectivity index is 4.18. The second kappa shape index (κ2) is 58.6. The minimum atomic E-state index is -4.34. The lowest BCUT2D eigenvalue weighted by molar-refractivity contribution is -0.870. The standard InChI is InChI=1S/C69H121N2O6P/c1-6-8-10-12-14-16-18-20-22-24-26-27-28-29-30-31-32-33-34-35-36-37-38-39-40-41-42-43-45-47-49-51-53-55-57-59-61-63-69(73)70-67(66-77-78(74,75)76-65-64-71(3,4)5)68(72)62-60-58-56-54-52-50-48-46-44-25-23-21-19-17-15-13-11-9-7-2/h8,10,14,16,20,22,26-27,29-30,32-33,35-36,38-39,41-42,45,47,67-68,72H,6-7,9,11-13,15,17-19,21,23-25,28,31,34,37,40,43-44,46,48-66H2,1-5H3,(H-,70,73,74,75)/p+1/b10-8-,16-14-,22-20-,27-26-,30-29-,33-32-,36-35-,39-38-,42-41-,47-45-. The first-order valence-corrected chi connectivity index (χ1v) is 33.4. The van der Waals surface area contributed by atoms with E-state index in [1.54, 1.807) is 0 Å². The number of phosphoric ester groups is 1. The summed E-state index contributed by atoms with van der Waals surface area (Å²) in [5.74, 6) is -0.162. The minimum Gasteiger partial charge on any atom is -0.391 e. The van der Waals surface area contributed by atoms with Crippen molar-refractivity contribution in [1.29, 1.82) is 0 Å². The van der Waals surface area contributed by atoms with E-state index >= 15 is 0 Å². The molecule has 0 fully saturated rings. The molecule has 1 amide bonds. The number of carbonyl (C=O) groups excluding carboxylic acids is 1. The van der Waals surface area contributed by atoms with E-state index in [1.165, 1.54) is 116 Å². The molecule has 0 bridgehead atoms. The quantitative estimate of drug-likeness (QED) is 0.0243. The summed E-state index contributed by atoms with van der Waals surface area (Å²) in [4.78, 5) is 23.4. The van der Waals surface area contributed by atoms with Gasteiger partial charge < -0.3 is 19.8 Å². The SMILES string of the molecule is CC/C=C\C/C=C\C/C=C\C/C=C\C/C=C\C/C=C\C/C=C\C/C=C\C/C=C\C/C=C\CCCCCCCCC(=O)NC(COP(=O)(O)OCC[N+](C)(C)C)C(O)CCCCCCCCCCCCCCCCCCCCC. The summed E-state index contributed by atoms with van der Waals surface area (Å²) in [5, 5.41) is 14.1. The van der Waals surface area contributed by atoms with Gasteiger partial charge in [0.1, 0.15) is 13.2 Å². The fraction of sp³-hybridized carbons (Fsp3) is 0.696. The van der Waals surface area contributed by atoms with Crippen molar-refractivity contribution in [1.82, 2.24) is 5.32 Å². The average Bonchev–Trinajstić information content (AvgIpc) is 3.41. The third kappa shape index (κ3) is 60.5. The Hall–Kier alpha value is -3.10. The first-order valence-electron chi connectivity index (χ1n) is 31.9. The largest absolute Gasteiger partial charge is 0.472 e. The second-order valence-corrected chi connectivity index (χ2v) is 23.9. The van der Waals surface area contributed by atoms with Crippen molar-refractivity contribution >= 4 is 13.7 Å². The molecular weight excluding hydrogens is 984 g/mol. The number of aliphatic hydroxyl groups excluding tert-OH is 1. The molecule has 0 spiro atoms. The Morgan fingerprint density at radius 1 is 0.449 bits per heavy atom. The van der Waals surface area contributed by atoms with Crippen molar-refractivity contribution < 1.29 is 32.9 Å². The van der Waals surface area contributed by atoms with Crippen molar-refractivity contribution in [2.24, 2.45) is 0 Å². The van der Waals surface area contributed by atoms with Gasteiger partial charge in [0.25, 0.3) is 0 Å². The Morgan fingerprint density at radius 2 is 0.769 bits per heavy atom. The monoisotopic (exact) mass is 1110 g/mol. The van der Waals surface area contributed by atoms with Gasteiger partial charge in [-0.05, 0) is 89.9 Å². The molecule has 448 valence electrons. The van der Waals surface area contributed by atoms with Crippen LogP contribution in [0.2, 0.25) is 0 Å². The molecule has 3 atom stereocenters. The molecule has 8 nitrogen and oxygen atoms in total. The number of aliphatic hydroxyl groups is 1. The van der Waals surface area contributed by atoms with Crippen LogP contribution in [0.4, 0.5) is 0 Å². The molecule has 9 heteroatoms. The Morgan fingerprint density at radius 3 is 1.13 bits per heavy atom. The molecule has 0 aromatic carbocycles. The number of likely N-dealkylation sites (N-methyl/N-ethyl adjacent to an activating group) is 1. The number of quaternary nitrogens is 1. The van der Waals surface area contributed by atoms with E-state index in [0.717, 1.165) is 116 Å². The number of nitrogens with one attached hydrogen (secondary N) is 1. The molecule has 78 heavy (non-hydrogen) atoms. The molecule has 0 saturated carbocycles. The van der Waals surface area contributed by atoms with Gasteiger partial charge in [0, 0.05) is 6.42 Å². The predicted molar refractivity (Wildman–Crippen MR) is 341 cm³/mol. The Labute approximate surface area is 482 Å². The van der Waals surface area contributed by atoms with Crippen LogP contribution in [0.5, 0.6) is 0 Å². The molecule has 0 aliphatic carbocycles. The van der Waals surface area contributed by atoms with E-state index < -0.39 is 20.0 Å². The topological polar surface area (TPSA) is 105 Å². The Bertz CT molecular complexity index is 1680. The number of hydrogen-bond donors (Lipinski definition) is 3. The van der Waals surface area contributed by atoms with E-state index in [0.29, 0.717) is 23.9 Å². The van der Waals surface area contributed by atoms with Crippen LogP contribution >= 0.6 is 7.82 Å². The van der Waals surface area contributed by atoms with Crippen molar-refractivity contribution in [3.05, 3.63) is 122 Å². The van der Waals surface area contributed by atoms with Crippen LogP contribution in [0, 0.1) is 0 Å². The summed E-state index contributed by atoms with van der Waals surface area (Å²) < 4.78 is 23.8. The summed E-state index contributed by atoms with van der Waals surface area (Å²) in [6.07, 6.45) is 86.9. The maximum absolute atomic E-state index is 13.0. The molecular formula is C69H122N2O6P+. The zero-order valence-corrected chi connectivity index (χ0v) is 52.0. The van der Waals surface area contributed by atoms with E-state index in [1.807, 2.05) is 21.1 Å². The number of rotatable bonds is 57. The Kier molecular flexibility index (Phi) is 56.2.